The van der Waals surface area contributed by atoms with E-state index in [-0.39, 0.29) is 0 Å². The second kappa shape index (κ2) is 6.01. The van der Waals surface area contributed by atoms with Crippen LogP contribution in [0.2, 0.25) is 0 Å². The highest BCUT2D eigenvalue weighted by atomic mass is 79.9. The molecule has 18 heavy (non-hydrogen) atoms. The lowest BCUT2D eigenvalue weighted by atomic mass is 10.4. The number of aromatic nitrogens is 1. The van der Waals surface area contributed by atoms with Gasteiger partial charge in [-0.05, 0) is 46.6 Å². The molecule has 0 aliphatic carbocycles. The van der Waals surface area contributed by atoms with Gasteiger partial charge in [-0.1, -0.05) is 0 Å². The molecule has 0 aromatic carbocycles. The topological polar surface area (TPSA) is 51.1 Å². The van der Waals surface area contributed by atoms with Crippen molar-refractivity contribution in [2.45, 2.75) is 17.2 Å². The fraction of sp³-hybridized carbons (Fsp3) is 0.273. The number of aryl methyl sites for hydroxylation is 1. The first-order chi connectivity index (χ1) is 8.58. The first kappa shape index (κ1) is 13.8. The van der Waals surface area contributed by atoms with Crippen LogP contribution in [0.3, 0.4) is 0 Å². The van der Waals surface area contributed by atoms with Gasteiger partial charge in [0.05, 0.1) is 3.79 Å². The molecule has 2 aromatic heterocycles. The quantitative estimate of drug-likeness (QED) is 0.816. The number of nitrogens with one attached hydrogen (secondary N) is 1. The van der Waals surface area contributed by atoms with E-state index in [1.165, 1.54) is 11.3 Å². The Bertz CT molecular complexity index is 590. The first-order valence-corrected chi connectivity index (χ1v) is 8.53. The lowest BCUT2D eigenvalue weighted by Gasteiger charge is -2.05. The zero-order valence-electron chi connectivity index (χ0n) is 9.54. The van der Waals surface area contributed by atoms with E-state index in [9.17, 15) is 8.42 Å². The van der Waals surface area contributed by atoms with E-state index in [0.29, 0.717) is 10.8 Å². The van der Waals surface area contributed by atoms with Crippen molar-refractivity contribution < 1.29 is 8.42 Å². The molecule has 0 saturated heterocycles. The molecule has 7 heteroatoms. The summed E-state index contributed by atoms with van der Waals surface area (Å²) in [7, 11) is -3.35. The smallest absolute Gasteiger partial charge is 0.250 e. The number of rotatable bonds is 6. The molecule has 0 spiro atoms. The number of nitrogens with zero attached hydrogens (tertiary/aromatic N) is 1. The Kier molecular flexibility index (Phi) is 4.60. The molecule has 2 aromatic rings. The molecule has 0 aliphatic rings. The van der Waals surface area contributed by atoms with Crippen LogP contribution >= 0.6 is 27.3 Å². The highest BCUT2D eigenvalue weighted by Gasteiger charge is 2.15. The summed E-state index contributed by atoms with van der Waals surface area (Å²) in [6.07, 6.45) is 4.69. The van der Waals surface area contributed by atoms with E-state index in [0.717, 1.165) is 16.8 Å². The molecule has 98 valence electrons. The molecule has 0 unspecified atom stereocenters. The Hall–Kier alpha value is -0.630. The van der Waals surface area contributed by atoms with Crippen molar-refractivity contribution >= 4 is 37.3 Å². The summed E-state index contributed by atoms with van der Waals surface area (Å²) in [6.45, 7) is 1.25. The van der Waals surface area contributed by atoms with Gasteiger partial charge in [-0.2, -0.15) is 0 Å². The average molecular weight is 349 g/mol. The van der Waals surface area contributed by atoms with Crippen LogP contribution in [-0.2, 0) is 16.6 Å². The fourth-order valence-electron chi connectivity index (χ4n) is 1.50. The lowest BCUT2D eigenvalue weighted by molar-refractivity contribution is 0.572. The summed E-state index contributed by atoms with van der Waals surface area (Å²) < 4.78 is 29.5. The maximum atomic E-state index is 11.9. The second-order valence-electron chi connectivity index (χ2n) is 3.73. The van der Waals surface area contributed by atoms with Gasteiger partial charge in [0.1, 0.15) is 4.21 Å². The van der Waals surface area contributed by atoms with E-state index < -0.39 is 10.0 Å². The molecule has 2 rings (SSSR count). The minimum atomic E-state index is -3.35. The summed E-state index contributed by atoms with van der Waals surface area (Å²) >= 11 is 4.47. The molecular weight excluding hydrogens is 336 g/mol. The minimum absolute atomic E-state index is 0.343. The van der Waals surface area contributed by atoms with Crippen molar-refractivity contribution in [3.05, 3.63) is 40.4 Å². The summed E-state index contributed by atoms with van der Waals surface area (Å²) in [5, 5.41) is 0. The van der Waals surface area contributed by atoms with Gasteiger partial charge in [-0.3, -0.25) is 0 Å². The molecule has 2 heterocycles. The molecule has 0 saturated carbocycles. The third kappa shape index (κ3) is 3.68. The number of sulfonamides is 1. The molecule has 4 nitrogen and oxygen atoms in total. The van der Waals surface area contributed by atoms with Gasteiger partial charge in [0.2, 0.25) is 10.0 Å². The standard InChI is InChI=1S/C11H13BrN2O2S2/c12-10-4-5-11(17-10)18(15,16)13-6-3-9-14-7-1-2-8-14/h1-2,4-5,7-8,13H,3,6,9H2. The molecular formula is C11H13BrN2O2S2. The largest absolute Gasteiger partial charge is 0.354 e. The van der Waals surface area contributed by atoms with Crippen LogP contribution in [0.5, 0.6) is 0 Å². The summed E-state index contributed by atoms with van der Waals surface area (Å²) in [5.74, 6) is 0. The van der Waals surface area contributed by atoms with Crippen LogP contribution in [0.25, 0.3) is 0 Å². The average Bonchev–Trinajstić information content (AvgIpc) is 2.95. The van der Waals surface area contributed by atoms with Gasteiger partial charge in [0.15, 0.2) is 0 Å². The summed E-state index contributed by atoms with van der Waals surface area (Å²) in [4.78, 5) is 0. The van der Waals surface area contributed by atoms with Crippen molar-refractivity contribution in [1.29, 1.82) is 0 Å². The number of thiophene rings is 1. The third-order valence-electron chi connectivity index (χ3n) is 2.36. The normalized spacial score (nSPS) is 11.8. The molecule has 0 bridgehead atoms. The highest BCUT2D eigenvalue weighted by molar-refractivity contribution is 9.11. The van der Waals surface area contributed by atoms with Gasteiger partial charge in [-0.15, -0.1) is 11.3 Å². The Morgan fingerprint density at radius 1 is 1.28 bits per heavy atom. The van der Waals surface area contributed by atoms with Crippen molar-refractivity contribution in [1.82, 2.24) is 9.29 Å². The van der Waals surface area contributed by atoms with Crippen molar-refractivity contribution in [2.24, 2.45) is 0 Å². The van der Waals surface area contributed by atoms with Crippen LogP contribution in [-0.4, -0.2) is 19.5 Å². The Morgan fingerprint density at radius 2 is 2.00 bits per heavy atom. The van der Waals surface area contributed by atoms with Gasteiger partial charge in [0, 0.05) is 25.5 Å². The molecule has 0 fully saturated rings. The van der Waals surface area contributed by atoms with Crippen molar-refractivity contribution in [3.8, 4) is 0 Å². The zero-order chi connectivity index (χ0) is 13.0. The lowest BCUT2D eigenvalue weighted by Crippen LogP contribution is -2.24. The van der Waals surface area contributed by atoms with E-state index in [1.54, 1.807) is 12.1 Å². The van der Waals surface area contributed by atoms with Crippen molar-refractivity contribution in [2.75, 3.05) is 6.54 Å². The maximum absolute atomic E-state index is 11.9. The highest BCUT2D eigenvalue weighted by Crippen LogP contribution is 2.25. The Morgan fingerprint density at radius 3 is 2.61 bits per heavy atom. The Balaban J connectivity index is 1.82. The molecule has 0 radical (unpaired) electrons. The number of hydrogen-bond acceptors (Lipinski definition) is 3. The molecule has 1 N–H and O–H groups in total. The van der Waals surface area contributed by atoms with Crippen molar-refractivity contribution in [3.63, 3.8) is 0 Å². The first-order valence-electron chi connectivity index (χ1n) is 5.44. The van der Waals surface area contributed by atoms with E-state index in [4.69, 9.17) is 0 Å². The van der Waals surface area contributed by atoms with Crippen LogP contribution < -0.4 is 4.72 Å². The minimum Gasteiger partial charge on any atom is -0.354 e. The van der Waals surface area contributed by atoms with Gasteiger partial charge < -0.3 is 4.57 Å². The predicted octanol–water partition coefficient (Wildman–Crippen LogP) is 2.68. The van der Waals surface area contributed by atoms with Crippen LogP contribution in [0.1, 0.15) is 6.42 Å². The van der Waals surface area contributed by atoms with Gasteiger partial charge in [-0.25, -0.2) is 13.1 Å². The monoisotopic (exact) mass is 348 g/mol. The second-order valence-corrected chi connectivity index (χ2v) is 8.19. The number of halogens is 1. The predicted molar refractivity (Wildman–Crippen MR) is 76.3 cm³/mol. The van der Waals surface area contributed by atoms with Gasteiger partial charge in [0.25, 0.3) is 0 Å². The summed E-state index contributed by atoms with van der Waals surface area (Å²) in [5.41, 5.74) is 0. The molecule has 0 amide bonds. The SMILES string of the molecule is O=S(=O)(NCCCn1cccc1)c1ccc(Br)s1. The maximum Gasteiger partial charge on any atom is 0.250 e. The molecule has 0 aliphatic heterocycles. The van der Waals surface area contributed by atoms with E-state index >= 15 is 0 Å². The van der Waals surface area contributed by atoms with E-state index in [2.05, 4.69) is 20.7 Å². The van der Waals surface area contributed by atoms with Crippen LogP contribution in [0.15, 0.2) is 44.7 Å². The molecule has 0 atom stereocenters. The van der Waals surface area contributed by atoms with Crippen LogP contribution in [0.4, 0.5) is 0 Å². The number of hydrogen-bond donors (Lipinski definition) is 1. The zero-order valence-corrected chi connectivity index (χ0v) is 12.8. The third-order valence-corrected chi connectivity index (χ3v) is 5.94. The Labute approximate surface area is 119 Å². The van der Waals surface area contributed by atoms with Crippen LogP contribution in [0, 0.1) is 0 Å². The fourth-order valence-corrected chi connectivity index (χ4v) is 4.63. The summed E-state index contributed by atoms with van der Waals surface area (Å²) in [6, 6.07) is 7.24. The van der Waals surface area contributed by atoms with Gasteiger partial charge >= 0.3 is 0 Å². The van der Waals surface area contributed by atoms with E-state index in [1.807, 2.05) is 29.1 Å².